The van der Waals surface area contributed by atoms with Crippen molar-refractivity contribution in [3.8, 4) is 11.5 Å². The zero-order valence-corrected chi connectivity index (χ0v) is 16.1. The first-order valence-electron chi connectivity index (χ1n) is 9.74. The molecule has 1 aromatic carbocycles. The number of ether oxygens (including phenoxy) is 3. The van der Waals surface area contributed by atoms with Crippen molar-refractivity contribution in [2.45, 2.75) is 25.0 Å². The van der Waals surface area contributed by atoms with Crippen molar-refractivity contribution in [1.29, 1.82) is 0 Å². The largest absolute Gasteiger partial charge is 0.497 e. The number of morpholine rings is 1. The van der Waals surface area contributed by atoms with Gasteiger partial charge in [0, 0.05) is 18.7 Å². The Morgan fingerprint density at radius 2 is 2.25 bits per heavy atom. The maximum Gasteiger partial charge on any atom is 0.286 e. The van der Waals surface area contributed by atoms with Crippen LogP contribution in [-0.4, -0.2) is 56.8 Å². The highest BCUT2D eigenvalue weighted by atomic mass is 16.5. The summed E-state index contributed by atoms with van der Waals surface area (Å²) in [6.45, 7) is 3.80. The summed E-state index contributed by atoms with van der Waals surface area (Å²) in [7, 11) is 1.67. The second-order valence-corrected chi connectivity index (χ2v) is 7.05. The first-order chi connectivity index (χ1) is 13.8. The lowest BCUT2D eigenvalue weighted by atomic mass is 9.96. The molecule has 0 aliphatic carbocycles. The molecule has 1 aromatic heterocycles. The normalized spacial score (nSPS) is 21.3. The molecule has 7 nitrogen and oxygen atoms in total. The van der Waals surface area contributed by atoms with Crippen molar-refractivity contribution < 1.29 is 23.4 Å². The van der Waals surface area contributed by atoms with E-state index in [0.29, 0.717) is 25.5 Å². The minimum Gasteiger partial charge on any atom is -0.497 e. The first kappa shape index (κ1) is 18.8. The van der Waals surface area contributed by atoms with Crippen molar-refractivity contribution in [2.75, 3.05) is 40.0 Å². The molecule has 0 bridgehead atoms. The standard InChI is InChI=1S/C21H26N2O5/c1-25-15-6-7-18-16(13-15)20-17(14-28-18)23(10-12-27-20)9-3-2-8-22-21(24)19-5-4-11-26-19/h4-7,11,13,17,20H,2-3,8-10,12,14H2,1H3,(H,22,24)/t17-,20-/m1/s1. The molecule has 1 fully saturated rings. The smallest absolute Gasteiger partial charge is 0.286 e. The van der Waals surface area contributed by atoms with E-state index in [1.165, 1.54) is 6.26 Å². The molecule has 7 heteroatoms. The van der Waals surface area contributed by atoms with Gasteiger partial charge in [-0.05, 0) is 49.7 Å². The Morgan fingerprint density at radius 1 is 1.32 bits per heavy atom. The summed E-state index contributed by atoms with van der Waals surface area (Å²) in [6.07, 6.45) is 3.41. The van der Waals surface area contributed by atoms with E-state index in [1.807, 2.05) is 18.2 Å². The minimum atomic E-state index is -0.164. The van der Waals surface area contributed by atoms with Crippen LogP contribution in [0.3, 0.4) is 0 Å². The van der Waals surface area contributed by atoms with Crippen LogP contribution in [0.2, 0.25) is 0 Å². The Hall–Kier alpha value is -2.51. The van der Waals surface area contributed by atoms with Gasteiger partial charge in [-0.3, -0.25) is 9.69 Å². The van der Waals surface area contributed by atoms with Gasteiger partial charge in [0.1, 0.15) is 24.2 Å². The number of nitrogens with one attached hydrogen (secondary N) is 1. The van der Waals surface area contributed by atoms with Gasteiger partial charge in [-0.15, -0.1) is 0 Å². The van der Waals surface area contributed by atoms with E-state index in [0.717, 1.165) is 43.0 Å². The Bertz CT molecular complexity index is 792. The number of fused-ring (bicyclic) bond motifs is 3. The number of nitrogens with zero attached hydrogens (tertiary/aromatic N) is 1. The van der Waals surface area contributed by atoms with Gasteiger partial charge in [-0.1, -0.05) is 0 Å². The summed E-state index contributed by atoms with van der Waals surface area (Å²) >= 11 is 0. The van der Waals surface area contributed by atoms with Crippen LogP contribution < -0.4 is 14.8 Å². The molecule has 1 amide bonds. The number of hydrogen-bond acceptors (Lipinski definition) is 6. The van der Waals surface area contributed by atoms with E-state index in [1.54, 1.807) is 19.2 Å². The summed E-state index contributed by atoms with van der Waals surface area (Å²) in [5, 5.41) is 2.89. The molecule has 28 heavy (non-hydrogen) atoms. The van der Waals surface area contributed by atoms with E-state index < -0.39 is 0 Å². The second-order valence-electron chi connectivity index (χ2n) is 7.05. The Labute approximate surface area is 164 Å². The molecule has 0 spiro atoms. The number of carbonyl (C=O) groups excluding carboxylic acids is 1. The maximum absolute atomic E-state index is 11.9. The van der Waals surface area contributed by atoms with Crippen molar-refractivity contribution in [3.05, 3.63) is 47.9 Å². The lowest BCUT2D eigenvalue weighted by molar-refractivity contribution is -0.0960. The van der Waals surface area contributed by atoms with Gasteiger partial charge in [0.25, 0.3) is 5.91 Å². The van der Waals surface area contributed by atoms with Crippen LogP contribution >= 0.6 is 0 Å². The van der Waals surface area contributed by atoms with E-state index in [4.69, 9.17) is 18.6 Å². The highest BCUT2D eigenvalue weighted by molar-refractivity contribution is 5.91. The molecule has 0 radical (unpaired) electrons. The van der Waals surface area contributed by atoms with Crippen LogP contribution in [0.25, 0.3) is 0 Å². The van der Waals surface area contributed by atoms with Crippen LogP contribution in [-0.2, 0) is 4.74 Å². The molecule has 2 aliphatic heterocycles. The first-order valence-corrected chi connectivity index (χ1v) is 9.74. The third-order valence-electron chi connectivity index (χ3n) is 5.33. The van der Waals surface area contributed by atoms with Crippen LogP contribution in [0.5, 0.6) is 11.5 Å². The van der Waals surface area contributed by atoms with Crippen LogP contribution in [0.4, 0.5) is 0 Å². The van der Waals surface area contributed by atoms with Crippen LogP contribution in [0.1, 0.15) is 35.1 Å². The third-order valence-corrected chi connectivity index (χ3v) is 5.33. The van der Waals surface area contributed by atoms with Gasteiger partial charge < -0.3 is 23.9 Å². The summed E-state index contributed by atoms with van der Waals surface area (Å²) in [5.41, 5.74) is 1.06. The molecular weight excluding hydrogens is 360 g/mol. The molecule has 2 atom stereocenters. The number of amides is 1. The average molecular weight is 386 g/mol. The fourth-order valence-electron chi connectivity index (χ4n) is 3.85. The topological polar surface area (TPSA) is 73.2 Å². The monoisotopic (exact) mass is 386 g/mol. The zero-order valence-electron chi connectivity index (χ0n) is 16.1. The lowest BCUT2D eigenvalue weighted by Crippen LogP contribution is -2.52. The number of hydrogen-bond donors (Lipinski definition) is 1. The van der Waals surface area contributed by atoms with Gasteiger partial charge in [-0.25, -0.2) is 0 Å². The molecule has 2 aliphatic rings. The van der Waals surface area contributed by atoms with Crippen LogP contribution in [0, 0.1) is 0 Å². The molecule has 150 valence electrons. The Balaban J connectivity index is 1.28. The fourth-order valence-corrected chi connectivity index (χ4v) is 3.85. The summed E-state index contributed by atoms with van der Waals surface area (Å²) in [6, 6.07) is 9.46. The predicted octanol–water partition coefficient (Wildman–Crippen LogP) is 2.63. The van der Waals surface area contributed by atoms with Gasteiger partial charge in [0.05, 0.1) is 26.0 Å². The molecule has 1 N–H and O–H groups in total. The quantitative estimate of drug-likeness (QED) is 0.738. The Morgan fingerprint density at radius 3 is 3.07 bits per heavy atom. The van der Waals surface area contributed by atoms with E-state index in [-0.39, 0.29) is 18.1 Å². The molecule has 1 saturated heterocycles. The highest BCUT2D eigenvalue weighted by Gasteiger charge is 2.38. The average Bonchev–Trinajstić information content (AvgIpc) is 3.28. The molecule has 0 unspecified atom stereocenters. The van der Waals surface area contributed by atoms with E-state index >= 15 is 0 Å². The molecule has 2 aromatic rings. The van der Waals surface area contributed by atoms with E-state index in [2.05, 4.69) is 10.2 Å². The van der Waals surface area contributed by atoms with Crippen molar-refractivity contribution in [1.82, 2.24) is 10.2 Å². The lowest BCUT2D eigenvalue weighted by Gasteiger charge is -2.44. The third kappa shape index (κ3) is 4.00. The van der Waals surface area contributed by atoms with Crippen molar-refractivity contribution in [2.24, 2.45) is 0 Å². The van der Waals surface area contributed by atoms with Gasteiger partial charge in [0.2, 0.25) is 0 Å². The zero-order chi connectivity index (χ0) is 19.3. The second kappa shape index (κ2) is 8.67. The van der Waals surface area contributed by atoms with Gasteiger partial charge >= 0.3 is 0 Å². The number of benzene rings is 1. The summed E-state index contributed by atoms with van der Waals surface area (Å²) in [4.78, 5) is 14.3. The van der Waals surface area contributed by atoms with E-state index in [9.17, 15) is 4.79 Å². The summed E-state index contributed by atoms with van der Waals surface area (Å²) in [5.74, 6) is 1.88. The molecule has 0 saturated carbocycles. The number of carbonyl (C=O) groups is 1. The number of methoxy groups -OCH3 is 1. The predicted molar refractivity (Wildman–Crippen MR) is 103 cm³/mol. The number of rotatable bonds is 7. The Kier molecular flexibility index (Phi) is 5.83. The maximum atomic E-state index is 11.9. The molecule has 3 heterocycles. The van der Waals surface area contributed by atoms with Gasteiger partial charge in [-0.2, -0.15) is 0 Å². The van der Waals surface area contributed by atoms with Crippen LogP contribution in [0.15, 0.2) is 41.0 Å². The molecular formula is C21H26N2O5. The molecule has 4 rings (SSSR count). The highest BCUT2D eigenvalue weighted by Crippen LogP contribution is 2.40. The summed E-state index contributed by atoms with van der Waals surface area (Å²) < 4.78 is 22.5. The minimum absolute atomic E-state index is 0.00579. The van der Waals surface area contributed by atoms with Crippen molar-refractivity contribution >= 4 is 5.91 Å². The number of unbranched alkanes of at least 4 members (excludes halogenated alkanes) is 1. The van der Waals surface area contributed by atoms with Crippen molar-refractivity contribution in [3.63, 3.8) is 0 Å². The van der Waals surface area contributed by atoms with Gasteiger partial charge in [0.15, 0.2) is 5.76 Å². The SMILES string of the molecule is COc1ccc2c(c1)[C@H]1OCCN(CCCCNC(=O)c3ccco3)[C@@H]1CO2. The fraction of sp³-hybridized carbons (Fsp3) is 0.476. The number of furan rings is 1.